The lowest BCUT2D eigenvalue weighted by Crippen LogP contribution is -2.26. The fourth-order valence-electron chi connectivity index (χ4n) is 2.04. The van der Waals surface area contributed by atoms with Crippen LogP contribution < -0.4 is 16.4 Å². The summed E-state index contributed by atoms with van der Waals surface area (Å²) in [7, 11) is 0. The van der Waals surface area contributed by atoms with Gasteiger partial charge in [0.05, 0.1) is 0 Å². The lowest BCUT2D eigenvalue weighted by atomic mass is 10.0. The van der Waals surface area contributed by atoms with E-state index in [0.717, 1.165) is 44.2 Å². The number of nitrogens with two attached hydrogens (primary N) is 1. The van der Waals surface area contributed by atoms with Gasteiger partial charge in [0.25, 0.3) is 0 Å². The van der Waals surface area contributed by atoms with Crippen LogP contribution in [0.15, 0.2) is 12.4 Å². The standard InChI is InChI=1S/C13H23N5O/c1-10(7-14)18-13-6-12(16-9-17-13)15-8-11-2-4-19-5-3-11/h6,9-11H,2-5,7-8,14H2,1H3,(H2,15,16,17,18). The van der Waals surface area contributed by atoms with Crippen molar-refractivity contribution in [3.63, 3.8) is 0 Å². The van der Waals surface area contributed by atoms with Crippen molar-refractivity contribution in [3.05, 3.63) is 12.4 Å². The van der Waals surface area contributed by atoms with Crippen molar-refractivity contribution in [2.75, 3.05) is 36.9 Å². The van der Waals surface area contributed by atoms with E-state index in [1.807, 2.05) is 13.0 Å². The average Bonchev–Trinajstić information content (AvgIpc) is 2.46. The Bertz CT molecular complexity index is 381. The van der Waals surface area contributed by atoms with E-state index in [9.17, 15) is 0 Å². The van der Waals surface area contributed by atoms with Gasteiger partial charge >= 0.3 is 0 Å². The Balaban J connectivity index is 1.84. The Morgan fingerprint density at radius 2 is 2.11 bits per heavy atom. The molecule has 106 valence electrons. The molecule has 0 radical (unpaired) electrons. The van der Waals surface area contributed by atoms with Gasteiger partial charge in [0.2, 0.25) is 0 Å². The summed E-state index contributed by atoms with van der Waals surface area (Å²) in [6.07, 6.45) is 3.80. The normalized spacial score (nSPS) is 18.0. The van der Waals surface area contributed by atoms with Crippen LogP contribution in [0.2, 0.25) is 0 Å². The van der Waals surface area contributed by atoms with E-state index in [-0.39, 0.29) is 6.04 Å². The Hall–Kier alpha value is -1.40. The van der Waals surface area contributed by atoms with Crippen LogP contribution in [0.3, 0.4) is 0 Å². The van der Waals surface area contributed by atoms with Crippen molar-refractivity contribution >= 4 is 11.6 Å². The first-order chi connectivity index (χ1) is 9.28. The highest BCUT2D eigenvalue weighted by Crippen LogP contribution is 2.16. The monoisotopic (exact) mass is 265 g/mol. The molecule has 1 aliphatic heterocycles. The molecule has 0 aromatic carbocycles. The highest BCUT2D eigenvalue weighted by molar-refractivity contribution is 5.46. The number of ether oxygens (including phenoxy) is 1. The third kappa shape index (κ3) is 4.65. The number of nitrogens with zero attached hydrogens (tertiary/aromatic N) is 2. The number of rotatable bonds is 6. The molecule has 0 saturated carbocycles. The summed E-state index contributed by atoms with van der Waals surface area (Å²) < 4.78 is 5.35. The Morgan fingerprint density at radius 3 is 2.84 bits per heavy atom. The van der Waals surface area contributed by atoms with Crippen molar-refractivity contribution in [1.82, 2.24) is 9.97 Å². The number of anilines is 2. The second-order valence-corrected chi connectivity index (χ2v) is 5.01. The summed E-state index contributed by atoms with van der Waals surface area (Å²) in [5.74, 6) is 2.33. The summed E-state index contributed by atoms with van der Waals surface area (Å²) in [4.78, 5) is 8.42. The second-order valence-electron chi connectivity index (χ2n) is 5.01. The molecule has 1 saturated heterocycles. The summed E-state index contributed by atoms with van der Waals surface area (Å²) in [6, 6.07) is 2.13. The predicted octanol–water partition coefficient (Wildman–Crippen LogP) is 1.07. The van der Waals surface area contributed by atoms with Crippen LogP contribution in [0, 0.1) is 5.92 Å². The van der Waals surface area contributed by atoms with Gasteiger partial charge in [-0.1, -0.05) is 0 Å². The zero-order valence-corrected chi connectivity index (χ0v) is 11.4. The van der Waals surface area contributed by atoms with Crippen molar-refractivity contribution in [2.45, 2.75) is 25.8 Å². The minimum atomic E-state index is 0.207. The number of aromatic nitrogens is 2. The molecule has 6 nitrogen and oxygen atoms in total. The quantitative estimate of drug-likeness (QED) is 0.713. The van der Waals surface area contributed by atoms with Gasteiger partial charge in [-0.15, -0.1) is 0 Å². The average molecular weight is 265 g/mol. The highest BCUT2D eigenvalue weighted by atomic mass is 16.5. The minimum absolute atomic E-state index is 0.207. The van der Waals surface area contributed by atoms with Crippen LogP contribution in [-0.2, 0) is 4.74 Å². The SMILES string of the molecule is CC(CN)Nc1cc(NCC2CCOCC2)ncn1. The molecule has 1 unspecified atom stereocenters. The van der Waals surface area contributed by atoms with Crippen LogP contribution in [0.5, 0.6) is 0 Å². The van der Waals surface area contributed by atoms with Crippen molar-refractivity contribution in [3.8, 4) is 0 Å². The fourth-order valence-corrected chi connectivity index (χ4v) is 2.04. The third-order valence-electron chi connectivity index (χ3n) is 3.33. The Kier molecular flexibility index (Phi) is 5.35. The third-order valence-corrected chi connectivity index (χ3v) is 3.33. The molecule has 1 fully saturated rings. The predicted molar refractivity (Wildman–Crippen MR) is 76.2 cm³/mol. The number of nitrogens with one attached hydrogen (secondary N) is 2. The molecule has 1 aliphatic rings. The van der Waals surface area contributed by atoms with Gasteiger partial charge in [0.1, 0.15) is 18.0 Å². The van der Waals surface area contributed by atoms with Crippen LogP contribution in [0.25, 0.3) is 0 Å². The minimum Gasteiger partial charge on any atom is -0.381 e. The Labute approximate surface area is 114 Å². The molecule has 19 heavy (non-hydrogen) atoms. The topological polar surface area (TPSA) is 85.1 Å². The first-order valence-electron chi connectivity index (χ1n) is 6.88. The molecule has 2 heterocycles. The van der Waals surface area contributed by atoms with Gasteiger partial charge < -0.3 is 21.1 Å². The molecule has 6 heteroatoms. The Morgan fingerprint density at radius 1 is 1.37 bits per heavy atom. The molecule has 0 spiro atoms. The maximum absolute atomic E-state index is 5.58. The van der Waals surface area contributed by atoms with Gasteiger partial charge in [-0.05, 0) is 25.7 Å². The van der Waals surface area contributed by atoms with Gasteiger partial charge in [-0.3, -0.25) is 0 Å². The second kappa shape index (κ2) is 7.25. The zero-order valence-electron chi connectivity index (χ0n) is 11.4. The molecule has 4 N–H and O–H groups in total. The number of hydrogen-bond donors (Lipinski definition) is 3. The maximum Gasteiger partial charge on any atom is 0.131 e. The van der Waals surface area contributed by atoms with Crippen LogP contribution >= 0.6 is 0 Å². The molecule has 2 rings (SSSR count). The van der Waals surface area contributed by atoms with E-state index < -0.39 is 0 Å². The molecule has 1 atom stereocenters. The molecular weight excluding hydrogens is 242 g/mol. The molecule has 0 amide bonds. The van der Waals surface area contributed by atoms with Gasteiger partial charge in [0, 0.05) is 38.4 Å². The molecule has 1 aromatic heterocycles. The van der Waals surface area contributed by atoms with Crippen LogP contribution in [0.4, 0.5) is 11.6 Å². The zero-order chi connectivity index (χ0) is 13.5. The van der Waals surface area contributed by atoms with E-state index in [1.165, 1.54) is 0 Å². The van der Waals surface area contributed by atoms with Crippen molar-refractivity contribution in [1.29, 1.82) is 0 Å². The largest absolute Gasteiger partial charge is 0.381 e. The molecule has 0 bridgehead atoms. The van der Waals surface area contributed by atoms with E-state index in [4.69, 9.17) is 10.5 Å². The smallest absolute Gasteiger partial charge is 0.131 e. The first kappa shape index (κ1) is 14.0. The maximum atomic E-state index is 5.58. The highest BCUT2D eigenvalue weighted by Gasteiger charge is 2.13. The van der Waals surface area contributed by atoms with E-state index in [1.54, 1.807) is 6.33 Å². The van der Waals surface area contributed by atoms with Gasteiger partial charge in [-0.25, -0.2) is 9.97 Å². The lowest BCUT2D eigenvalue weighted by Gasteiger charge is -2.22. The lowest BCUT2D eigenvalue weighted by molar-refractivity contribution is 0.0699. The van der Waals surface area contributed by atoms with E-state index in [2.05, 4.69) is 20.6 Å². The summed E-state index contributed by atoms with van der Waals surface area (Å²) in [5.41, 5.74) is 5.58. The van der Waals surface area contributed by atoms with E-state index >= 15 is 0 Å². The molecular formula is C13H23N5O. The number of hydrogen-bond acceptors (Lipinski definition) is 6. The van der Waals surface area contributed by atoms with Crippen molar-refractivity contribution in [2.24, 2.45) is 11.7 Å². The molecule has 0 aliphatic carbocycles. The van der Waals surface area contributed by atoms with Gasteiger partial charge in [-0.2, -0.15) is 0 Å². The van der Waals surface area contributed by atoms with E-state index in [0.29, 0.717) is 12.5 Å². The summed E-state index contributed by atoms with van der Waals surface area (Å²) in [5, 5.41) is 6.60. The first-order valence-corrected chi connectivity index (χ1v) is 6.88. The fraction of sp³-hybridized carbons (Fsp3) is 0.692. The van der Waals surface area contributed by atoms with Crippen molar-refractivity contribution < 1.29 is 4.74 Å². The van der Waals surface area contributed by atoms with Gasteiger partial charge in [0.15, 0.2) is 0 Å². The summed E-state index contributed by atoms with van der Waals surface area (Å²) >= 11 is 0. The van der Waals surface area contributed by atoms with Crippen LogP contribution in [0.1, 0.15) is 19.8 Å². The molecule has 1 aromatic rings. The van der Waals surface area contributed by atoms with Crippen LogP contribution in [-0.4, -0.2) is 42.3 Å². The summed E-state index contributed by atoms with van der Waals surface area (Å²) in [6.45, 7) is 5.28.